The third-order valence-electron chi connectivity index (χ3n) is 6.63. The minimum atomic E-state index is -0.934. The Bertz CT molecular complexity index is 1510. The largest absolute Gasteiger partial charge is 0.872 e. The van der Waals surface area contributed by atoms with Crippen LogP contribution in [-0.2, 0) is 22.7 Å². The average Bonchev–Trinajstić information content (AvgIpc) is 3.18. The molecule has 2 heterocycles. The zero-order valence-corrected chi connectivity index (χ0v) is 20.8. The molecule has 0 radical (unpaired) electrons. The number of carbonyl (C=O) groups is 2. The van der Waals surface area contributed by atoms with Crippen LogP contribution >= 0.6 is 0 Å². The van der Waals surface area contributed by atoms with Crippen molar-refractivity contribution in [2.24, 2.45) is 0 Å². The Morgan fingerprint density at radius 3 is 2.42 bits per heavy atom. The number of amides is 1. The summed E-state index contributed by atoms with van der Waals surface area (Å²) < 4.78 is 5.88. The second-order valence-electron chi connectivity index (χ2n) is 9.15. The average molecular weight is 507 g/mol. The van der Waals surface area contributed by atoms with Crippen molar-refractivity contribution < 1.29 is 29.5 Å². The number of rotatable bonds is 7. The van der Waals surface area contributed by atoms with Crippen molar-refractivity contribution in [2.75, 3.05) is 0 Å². The van der Waals surface area contributed by atoms with Crippen molar-refractivity contribution in [1.82, 2.24) is 4.90 Å². The number of nitrogens with one attached hydrogen (secondary N) is 1. The van der Waals surface area contributed by atoms with Gasteiger partial charge in [0.25, 0.3) is 5.91 Å². The predicted molar refractivity (Wildman–Crippen MR) is 138 cm³/mol. The van der Waals surface area contributed by atoms with Crippen LogP contribution in [0.1, 0.15) is 33.9 Å². The number of aryl methyl sites for hydroxylation is 1. The van der Waals surface area contributed by atoms with E-state index < -0.39 is 23.5 Å². The van der Waals surface area contributed by atoms with Gasteiger partial charge in [-0.05, 0) is 59.0 Å². The number of ether oxygens (including phenoxy) is 1. The zero-order chi connectivity index (χ0) is 26.6. The Morgan fingerprint density at radius 1 is 0.974 bits per heavy atom. The highest BCUT2D eigenvalue weighted by Gasteiger charge is 2.44. The van der Waals surface area contributed by atoms with Gasteiger partial charge in [0.15, 0.2) is 12.4 Å². The summed E-state index contributed by atoms with van der Waals surface area (Å²) >= 11 is 0. The molecule has 1 aromatic heterocycles. The van der Waals surface area contributed by atoms with Crippen LogP contribution in [-0.4, -0.2) is 21.7 Å². The first kappa shape index (κ1) is 24.8. The molecular formula is C31H26N2O5. The van der Waals surface area contributed by atoms with Gasteiger partial charge in [-0.3, -0.25) is 9.59 Å². The SMILES string of the molecule is Cc1ccccc1COc1ccc(C([O-])=C2C(=O)C(=O)N(Cc3cc[nH+]cc3)C2c2cccc(O)c2)cc1. The smallest absolute Gasteiger partial charge is 0.295 e. The molecule has 0 bridgehead atoms. The molecule has 1 aliphatic rings. The second kappa shape index (κ2) is 10.6. The van der Waals surface area contributed by atoms with E-state index in [9.17, 15) is 19.8 Å². The number of aromatic nitrogens is 1. The number of phenols is 1. The minimum Gasteiger partial charge on any atom is -0.872 e. The number of phenolic OH excluding ortho intramolecular Hbond substituents is 1. The van der Waals surface area contributed by atoms with Crippen LogP contribution in [0.4, 0.5) is 0 Å². The Morgan fingerprint density at radius 2 is 1.71 bits per heavy atom. The number of likely N-dealkylation sites (tertiary alicyclic amines) is 1. The molecule has 0 saturated carbocycles. The van der Waals surface area contributed by atoms with Gasteiger partial charge in [-0.15, -0.1) is 0 Å². The number of hydrogen-bond acceptors (Lipinski definition) is 5. The zero-order valence-electron chi connectivity index (χ0n) is 20.8. The maximum atomic E-state index is 13.7. The monoisotopic (exact) mass is 506 g/mol. The van der Waals surface area contributed by atoms with Gasteiger partial charge in [0.2, 0.25) is 5.78 Å². The molecule has 4 aromatic rings. The third kappa shape index (κ3) is 4.99. The van der Waals surface area contributed by atoms with Gasteiger partial charge >= 0.3 is 0 Å². The van der Waals surface area contributed by atoms with Crippen LogP contribution < -0.4 is 14.8 Å². The van der Waals surface area contributed by atoms with Crippen molar-refractivity contribution >= 4 is 17.4 Å². The van der Waals surface area contributed by atoms with E-state index in [1.807, 2.05) is 31.2 Å². The number of aromatic hydroxyl groups is 1. The van der Waals surface area contributed by atoms with E-state index in [4.69, 9.17) is 4.74 Å². The number of aromatic amines is 1. The van der Waals surface area contributed by atoms with E-state index in [-0.39, 0.29) is 23.4 Å². The fourth-order valence-electron chi connectivity index (χ4n) is 4.59. The minimum absolute atomic E-state index is 0.0227. The lowest BCUT2D eigenvalue weighted by Gasteiger charge is -2.27. The molecule has 1 amide bonds. The quantitative estimate of drug-likeness (QED) is 0.235. The molecule has 1 fully saturated rings. The number of Topliss-reactive ketones (excluding diaryl/α,β-unsaturated/α-hetero) is 1. The normalized spacial score (nSPS) is 16.6. The van der Waals surface area contributed by atoms with Crippen LogP contribution in [0.25, 0.3) is 5.76 Å². The highest BCUT2D eigenvalue weighted by atomic mass is 16.5. The number of nitrogens with zero attached hydrogens (tertiary/aromatic N) is 1. The molecular weight excluding hydrogens is 480 g/mol. The number of carbonyl (C=O) groups excluding carboxylic acids is 2. The lowest BCUT2D eigenvalue weighted by molar-refractivity contribution is -0.378. The molecule has 5 rings (SSSR count). The Balaban J connectivity index is 1.48. The highest BCUT2D eigenvalue weighted by molar-refractivity contribution is 6.46. The summed E-state index contributed by atoms with van der Waals surface area (Å²) in [6.45, 7) is 2.53. The van der Waals surface area contributed by atoms with Crippen molar-refractivity contribution in [3.8, 4) is 11.5 Å². The van der Waals surface area contributed by atoms with Gasteiger partial charge in [-0.1, -0.05) is 54.3 Å². The fraction of sp³-hybridized carbons (Fsp3) is 0.129. The van der Waals surface area contributed by atoms with Crippen molar-refractivity contribution in [3.63, 3.8) is 0 Å². The molecule has 2 N–H and O–H groups in total. The second-order valence-corrected chi connectivity index (χ2v) is 9.15. The summed E-state index contributed by atoms with van der Waals surface area (Å²) in [5.41, 5.74) is 3.58. The number of H-pyrrole nitrogens is 1. The van der Waals surface area contributed by atoms with Crippen molar-refractivity contribution in [2.45, 2.75) is 26.1 Å². The summed E-state index contributed by atoms with van der Waals surface area (Å²) in [6.07, 6.45) is 3.44. The molecule has 1 aliphatic heterocycles. The van der Waals surface area contributed by atoms with Crippen LogP contribution in [0.5, 0.6) is 11.5 Å². The van der Waals surface area contributed by atoms with Gasteiger partial charge in [-0.25, -0.2) is 4.98 Å². The predicted octanol–water partition coefficient (Wildman–Crippen LogP) is 3.52. The summed E-state index contributed by atoms with van der Waals surface area (Å²) in [5, 5.41) is 23.8. The highest BCUT2D eigenvalue weighted by Crippen LogP contribution is 2.40. The van der Waals surface area contributed by atoms with Gasteiger partial charge in [0, 0.05) is 24.3 Å². The molecule has 1 atom stereocenters. The van der Waals surface area contributed by atoms with E-state index in [2.05, 4.69) is 4.98 Å². The summed E-state index contributed by atoms with van der Waals surface area (Å²) in [5.74, 6) is -1.58. The van der Waals surface area contributed by atoms with E-state index >= 15 is 0 Å². The number of benzene rings is 3. The number of ketones is 1. The molecule has 3 aromatic carbocycles. The van der Waals surface area contributed by atoms with Crippen LogP contribution in [0.3, 0.4) is 0 Å². The summed E-state index contributed by atoms with van der Waals surface area (Å²) in [7, 11) is 0. The first-order valence-corrected chi connectivity index (χ1v) is 12.2. The Hall–Kier alpha value is -4.91. The van der Waals surface area contributed by atoms with E-state index in [1.54, 1.807) is 60.9 Å². The van der Waals surface area contributed by atoms with Gasteiger partial charge in [-0.2, -0.15) is 0 Å². The lowest BCUT2D eigenvalue weighted by Crippen LogP contribution is -2.29. The molecule has 0 aliphatic carbocycles. The van der Waals surface area contributed by atoms with Crippen molar-refractivity contribution in [3.05, 3.63) is 131 Å². The van der Waals surface area contributed by atoms with E-state index in [0.29, 0.717) is 17.9 Å². The van der Waals surface area contributed by atoms with E-state index in [1.165, 1.54) is 17.0 Å². The first-order chi connectivity index (χ1) is 18.4. The molecule has 1 saturated heterocycles. The van der Waals surface area contributed by atoms with Gasteiger partial charge in [0.05, 0.1) is 6.04 Å². The lowest BCUT2D eigenvalue weighted by atomic mass is 9.95. The standard InChI is InChI=1S/C31H26N2O5/c1-20-5-2-3-6-24(20)19-38-26-11-9-22(10-12-26)29(35)27-28(23-7-4-8-25(34)17-23)33(31(37)30(27)36)18-21-13-15-32-16-14-21/h2-17,28,34-35H,18-19H2,1H3. The fourth-order valence-corrected chi connectivity index (χ4v) is 4.59. The molecule has 1 unspecified atom stereocenters. The van der Waals surface area contributed by atoms with Gasteiger partial charge < -0.3 is 19.8 Å². The topological polar surface area (TPSA) is 104 Å². The first-order valence-electron chi connectivity index (χ1n) is 12.2. The number of pyridine rings is 1. The van der Waals surface area contributed by atoms with E-state index in [0.717, 1.165) is 16.7 Å². The molecule has 190 valence electrons. The van der Waals surface area contributed by atoms with Crippen LogP contribution in [0, 0.1) is 6.92 Å². The molecule has 7 nitrogen and oxygen atoms in total. The molecule has 7 heteroatoms. The maximum Gasteiger partial charge on any atom is 0.295 e. The van der Waals surface area contributed by atoms with Crippen LogP contribution in [0.15, 0.2) is 103 Å². The Kier molecular flexibility index (Phi) is 6.91. The summed E-state index contributed by atoms with van der Waals surface area (Å²) in [4.78, 5) is 30.6. The molecule has 0 spiro atoms. The maximum absolute atomic E-state index is 13.7. The van der Waals surface area contributed by atoms with Crippen LogP contribution in [0.2, 0.25) is 0 Å². The number of hydrogen-bond donors (Lipinski definition) is 1. The van der Waals surface area contributed by atoms with Gasteiger partial charge in [0.1, 0.15) is 18.1 Å². The third-order valence-corrected chi connectivity index (χ3v) is 6.63. The summed E-state index contributed by atoms with van der Waals surface area (Å²) in [6, 6.07) is 23.4. The molecule has 38 heavy (non-hydrogen) atoms. The van der Waals surface area contributed by atoms with Crippen molar-refractivity contribution in [1.29, 1.82) is 0 Å². The Labute approximate surface area is 220 Å².